The van der Waals surface area contributed by atoms with Crippen LogP contribution in [0.3, 0.4) is 0 Å². The fraction of sp³-hybridized carbons (Fsp3) is 0.286. The molecule has 2 aliphatic heterocycles. The molecular formula is C14H13N3O2S2. The molecule has 5 nitrogen and oxygen atoms in total. The fourth-order valence-electron chi connectivity index (χ4n) is 2.17. The van der Waals surface area contributed by atoms with Crippen LogP contribution in [0.15, 0.2) is 34.3 Å². The molecule has 0 aliphatic carbocycles. The van der Waals surface area contributed by atoms with Gasteiger partial charge in [-0.25, -0.2) is 9.97 Å². The molecule has 1 N–H and O–H groups in total. The summed E-state index contributed by atoms with van der Waals surface area (Å²) in [6, 6.07) is 3.83. The summed E-state index contributed by atoms with van der Waals surface area (Å²) in [6.07, 6.45) is 3.68. The standard InChI is InChI=1S/C14H13N3O2S2/c1-3-20-11-7-15-13(5-9(11)18-1)17-14-6-10-12(8-16-14)21-4-2-19-10/h5-8H,1-4H2,(H,15,16,17). The zero-order valence-corrected chi connectivity index (χ0v) is 12.8. The summed E-state index contributed by atoms with van der Waals surface area (Å²) in [5, 5.41) is 3.20. The van der Waals surface area contributed by atoms with Crippen LogP contribution < -0.4 is 14.8 Å². The predicted molar refractivity (Wildman–Crippen MR) is 84.2 cm³/mol. The number of fused-ring (bicyclic) bond motifs is 2. The van der Waals surface area contributed by atoms with Crippen LogP contribution in [0.5, 0.6) is 11.5 Å². The molecule has 0 atom stereocenters. The Balaban J connectivity index is 1.58. The number of nitrogens with one attached hydrogen (secondary N) is 1. The third-order valence-electron chi connectivity index (χ3n) is 3.12. The lowest BCUT2D eigenvalue weighted by molar-refractivity contribution is 0.329. The minimum atomic E-state index is 0.729. The van der Waals surface area contributed by atoms with Gasteiger partial charge in [0.25, 0.3) is 0 Å². The van der Waals surface area contributed by atoms with E-state index in [9.17, 15) is 0 Å². The zero-order chi connectivity index (χ0) is 14.1. The summed E-state index contributed by atoms with van der Waals surface area (Å²) in [4.78, 5) is 11.0. The topological polar surface area (TPSA) is 56.3 Å². The van der Waals surface area contributed by atoms with Crippen molar-refractivity contribution in [2.45, 2.75) is 9.79 Å². The first-order valence-electron chi connectivity index (χ1n) is 6.67. The van der Waals surface area contributed by atoms with Crippen molar-refractivity contribution in [3.05, 3.63) is 24.5 Å². The van der Waals surface area contributed by atoms with Crippen LogP contribution >= 0.6 is 23.5 Å². The lowest BCUT2D eigenvalue weighted by atomic mass is 10.4. The van der Waals surface area contributed by atoms with Gasteiger partial charge in [-0.1, -0.05) is 0 Å². The highest BCUT2D eigenvalue weighted by atomic mass is 32.2. The van der Waals surface area contributed by atoms with Crippen LogP contribution in [0.4, 0.5) is 11.6 Å². The molecule has 0 amide bonds. The van der Waals surface area contributed by atoms with Gasteiger partial charge in [0.05, 0.1) is 23.0 Å². The average molecular weight is 319 g/mol. The molecule has 0 unspecified atom stereocenters. The van der Waals surface area contributed by atoms with E-state index in [0.29, 0.717) is 0 Å². The minimum absolute atomic E-state index is 0.729. The molecule has 0 spiro atoms. The molecule has 2 aromatic heterocycles. The molecule has 4 rings (SSSR count). The van der Waals surface area contributed by atoms with Crippen LogP contribution in [-0.2, 0) is 0 Å². The SMILES string of the molecule is c1c(Nc2cc3c(cn2)SCCO3)ncc2c1OCCS2. The molecule has 2 aliphatic rings. The van der Waals surface area contributed by atoms with E-state index in [1.165, 1.54) is 0 Å². The summed E-state index contributed by atoms with van der Waals surface area (Å²) in [5.74, 6) is 5.17. The highest BCUT2D eigenvalue weighted by Gasteiger charge is 2.14. The van der Waals surface area contributed by atoms with Gasteiger partial charge in [-0.05, 0) is 0 Å². The monoisotopic (exact) mass is 319 g/mol. The highest BCUT2D eigenvalue weighted by molar-refractivity contribution is 7.99. The van der Waals surface area contributed by atoms with Crippen molar-refractivity contribution in [3.63, 3.8) is 0 Å². The Morgan fingerprint density at radius 3 is 1.90 bits per heavy atom. The Morgan fingerprint density at radius 1 is 0.857 bits per heavy atom. The third-order valence-corrected chi connectivity index (χ3v) is 5.09. The van der Waals surface area contributed by atoms with Crippen LogP contribution in [-0.4, -0.2) is 34.7 Å². The van der Waals surface area contributed by atoms with E-state index in [0.717, 1.165) is 57.6 Å². The first-order chi connectivity index (χ1) is 10.4. The largest absolute Gasteiger partial charge is 0.491 e. The van der Waals surface area contributed by atoms with Crippen molar-refractivity contribution in [1.82, 2.24) is 9.97 Å². The summed E-state index contributed by atoms with van der Waals surface area (Å²) in [7, 11) is 0. The molecular weight excluding hydrogens is 306 g/mol. The highest BCUT2D eigenvalue weighted by Crippen LogP contribution is 2.36. The second-order valence-electron chi connectivity index (χ2n) is 4.55. The number of ether oxygens (including phenoxy) is 2. The molecule has 0 radical (unpaired) electrons. The van der Waals surface area contributed by atoms with Crippen LogP contribution in [0.25, 0.3) is 0 Å². The van der Waals surface area contributed by atoms with Crippen molar-refractivity contribution in [3.8, 4) is 11.5 Å². The van der Waals surface area contributed by atoms with Gasteiger partial charge >= 0.3 is 0 Å². The second kappa shape index (κ2) is 5.65. The molecule has 21 heavy (non-hydrogen) atoms. The van der Waals surface area contributed by atoms with Crippen molar-refractivity contribution in [2.75, 3.05) is 30.0 Å². The number of hydrogen-bond acceptors (Lipinski definition) is 7. The van der Waals surface area contributed by atoms with E-state index in [-0.39, 0.29) is 0 Å². The third kappa shape index (κ3) is 2.75. The summed E-state index contributed by atoms with van der Waals surface area (Å²) >= 11 is 3.54. The number of aromatic nitrogens is 2. The molecule has 0 aromatic carbocycles. The maximum absolute atomic E-state index is 5.64. The van der Waals surface area contributed by atoms with E-state index in [4.69, 9.17) is 9.47 Å². The second-order valence-corrected chi connectivity index (χ2v) is 6.82. The van der Waals surface area contributed by atoms with Crippen molar-refractivity contribution >= 4 is 35.2 Å². The van der Waals surface area contributed by atoms with E-state index >= 15 is 0 Å². The average Bonchev–Trinajstić information content (AvgIpc) is 2.55. The molecule has 0 saturated carbocycles. The lowest BCUT2D eigenvalue weighted by Crippen LogP contribution is -2.09. The normalized spacial score (nSPS) is 16.2. The smallest absolute Gasteiger partial charge is 0.138 e. The van der Waals surface area contributed by atoms with E-state index in [1.54, 1.807) is 23.5 Å². The Bertz CT molecular complexity index is 624. The number of hydrogen-bond donors (Lipinski definition) is 1. The molecule has 108 valence electrons. The Morgan fingerprint density at radius 2 is 1.38 bits per heavy atom. The van der Waals surface area contributed by atoms with Crippen molar-refractivity contribution in [2.24, 2.45) is 0 Å². The van der Waals surface area contributed by atoms with E-state index in [2.05, 4.69) is 15.3 Å². The zero-order valence-electron chi connectivity index (χ0n) is 11.2. The first kappa shape index (κ1) is 13.1. The number of rotatable bonds is 2. The fourth-order valence-corrected chi connectivity index (χ4v) is 3.71. The van der Waals surface area contributed by atoms with Gasteiger partial charge in [0.2, 0.25) is 0 Å². The lowest BCUT2D eigenvalue weighted by Gasteiger charge is -2.18. The van der Waals surface area contributed by atoms with Gasteiger partial charge in [-0.2, -0.15) is 0 Å². The first-order valence-corrected chi connectivity index (χ1v) is 8.64. The summed E-state index contributed by atoms with van der Waals surface area (Å²) in [5.41, 5.74) is 0. The van der Waals surface area contributed by atoms with Crippen LogP contribution in [0.1, 0.15) is 0 Å². The molecule has 4 heterocycles. The molecule has 0 fully saturated rings. The maximum Gasteiger partial charge on any atom is 0.138 e. The van der Waals surface area contributed by atoms with E-state index in [1.807, 2.05) is 24.5 Å². The number of nitrogens with zero attached hydrogens (tertiary/aromatic N) is 2. The Hall–Kier alpha value is -1.60. The quantitative estimate of drug-likeness (QED) is 0.912. The molecule has 7 heteroatoms. The summed E-state index contributed by atoms with van der Waals surface area (Å²) < 4.78 is 11.3. The van der Waals surface area contributed by atoms with Gasteiger partial charge in [-0.3, -0.25) is 0 Å². The summed E-state index contributed by atoms with van der Waals surface area (Å²) in [6.45, 7) is 1.48. The van der Waals surface area contributed by atoms with Gasteiger partial charge in [0.1, 0.15) is 23.1 Å². The van der Waals surface area contributed by atoms with Gasteiger partial charge in [-0.15, -0.1) is 23.5 Å². The number of pyridine rings is 2. The van der Waals surface area contributed by atoms with Crippen molar-refractivity contribution < 1.29 is 9.47 Å². The minimum Gasteiger partial charge on any atom is -0.491 e. The van der Waals surface area contributed by atoms with Crippen molar-refractivity contribution in [1.29, 1.82) is 0 Å². The van der Waals surface area contributed by atoms with Crippen LogP contribution in [0, 0.1) is 0 Å². The number of anilines is 2. The van der Waals surface area contributed by atoms with Crippen LogP contribution in [0.2, 0.25) is 0 Å². The van der Waals surface area contributed by atoms with Gasteiger partial charge < -0.3 is 14.8 Å². The number of thioether (sulfide) groups is 2. The maximum atomic E-state index is 5.64. The Kier molecular flexibility index (Phi) is 3.52. The molecule has 2 aromatic rings. The van der Waals surface area contributed by atoms with E-state index < -0.39 is 0 Å². The predicted octanol–water partition coefficient (Wildman–Crippen LogP) is 3.19. The molecule has 0 bridgehead atoms. The molecule has 0 saturated heterocycles. The Labute approximate surface area is 130 Å². The van der Waals surface area contributed by atoms with Gasteiger partial charge in [0.15, 0.2) is 0 Å². The van der Waals surface area contributed by atoms with Gasteiger partial charge in [0, 0.05) is 36.0 Å².